The zero-order valence-electron chi connectivity index (χ0n) is 20.5. The second kappa shape index (κ2) is 12.2. The molecule has 3 rings (SSSR count). The zero-order valence-corrected chi connectivity index (χ0v) is 20.5. The van der Waals surface area contributed by atoms with Crippen LogP contribution in [-0.4, -0.2) is 36.9 Å². The van der Waals surface area contributed by atoms with Gasteiger partial charge in [-0.3, -0.25) is 19.7 Å². The van der Waals surface area contributed by atoms with Crippen molar-refractivity contribution in [3.8, 4) is 11.5 Å². The number of non-ortho nitro benzene ring substituents is 1. The van der Waals surface area contributed by atoms with Crippen LogP contribution in [0.4, 0.5) is 27.5 Å². The molecule has 192 valence electrons. The predicted octanol–water partition coefficient (Wildman–Crippen LogP) is 5.03. The van der Waals surface area contributed by atoms with Crippen LogP contribution in [0.25, 0.3) is 0 Å². The molecular weight excluding hydrogens is 480 g/mol. The fraction of sp³-hybridized carbons (Fsp3) is 0.192. The monoisotopic (exact) mass is 506 g/mol. The summed E-state index contributed by atoms with van der Waals surface area (Å²) < 4.78 is 10.5. The summed E-state index contributed by atoms with van der Waals surface area (Å²) in [6, 6.07) is 15.0. The number of nitro groups is 1. The first kappa shape index (κ1) is 26.7. The molecule has 0 aliphatic heterocycles. The van der Waals surface area contributed by atoms with Crippen molar-refractivity contribution >= 4 is 40.5 Å². The number of methoxy groups -OCH3 is 2. The van der Waals surface area contributed by atoms with Crippen LogP contribution in [0.3, 0.4) is 0 Å². The highest BCUT2D eigenvalue weighted by Gasteiger charge is 2.17. The van der Waals surface area contributed by atoms with Gasteiger partial charge in [-0.05, 0) is 43.2 Å². The van der Waals surface area contributed by atoms with Crippen molar-refractivity contribution in [2.45, 2.75) is 19.8 Å². The Morgan fingerprint density at radius 1 is 0.865 bits per heavy atom. The largest absolute Gasteiger partial charge is 0.493 e. The van der Waals surface area contributed by atoms with Crippen molar-refractivity contribution in [2.75, 3.05) is 30.2 Å². The van der Waals surface area contributed by atoms with Gasteiger partial charge in [-0.25, -0.2) is 4.79 Å². The van der Waals surface area contributed by atoms with E-state index in [4.69, 9.17) is 9.47 Å². The average molecular weight is 507 g/mol. The average Bonchev–Trinajstić information content (AvgIpc) is 2.88. The third-order valence-electron chi connectivity index (χ3n) is 5.40. The van der Waals surface area contributed by atoms with Gasteiger partial charge >= 0.3 is 6.03 Å². The summed E-state index contributed by atoms with van der Waals surface area (Å²) in [4.78, 5) is 47.5. The topological polar surface area (TPSA) is 149 Å². The van der Waals surface area contributed by atoms with Gasteiger partial charge in [0.1, 0.15) is 0 Å². The Labute approximate surface area is 212 Å². The summed E-state index contributed by atoms with van der Waals surface area (Å²) in [5, 5.41) is 18.9. The lowest BCUT2D eigenvalue weighted by molar-refractivity contribution is -0.384. The minimum absolute atomic E-state index is 0.0777. The Hall–Kier alpha value is -4.93. The van der Waals surface area contributed by atoms with Crippen LogP contribution in [-0.2, 0) is 11.2 Å². The SMILES string of the molecule is COc1cc(NC(=O)CCc2ccccc2NC(=O)Nc2ccc([N+](=O)[O-])cc2)c(C(C)=O)cc1OC. The molecule has 37 heavy (non-hydrogen) atoms. The van der Waals surface area contributed by atoms with Crippen molar-refractivity contribution in [3.63, 3.8) is 0 Å². The summed E-state index contributed by atoms with van der Waals surface area (Å²) in [6.07, 6.45) is 0.386. The number of nitrogens with one attached hydrogen (secondary N) is 3. The predicted molar refractivity (Wildman–Crippen MR) is 139 cm³/mol. The zero-order chi connectivity index (χ0) is 26.9. The van der Waals surface area contributed by atoms with Gasteiger partial charge in [0.25, 0.3) is 5.69 Å². The first-order valence-electron chi connectivity index (χ1n) is 11.2. The minimum Gasteiger partial charge on any atom is -0.493 e. The number of anilines is 3. The normalized spacial score (nSPS) is 10.2. The molecule has 3 amide bonds. The molecular formula is C26H26N4O7. The van der Waals surface area contributed by atoms with Gasteiger partial charge in [0.15, 0.2) is 17.3 Å². The first-order chi connectivity index (χ1) is 17.7. The summed E-state index contributed by atoms with van der Waals surface area (Å²) in [6.45, 7) is 1.39. The maximum Gasteiger partial charge on any atom is 0.323 e. The molecule has 0 fully saturated rings. The number of benzene rings is 3. The molecule has 0 atom stereocenters. The summed E-state index contributed by atoms with van der Waals surface area (Å²) in [5.41, 5.74) is 2.12. The number of carbonyl (C=O) groups is 3. The number of carbonyl (C=O) groups excluding carboxylic acids is 3. The third-order valence-corrected chi connectivity index (χ3v) is 5.40. The highest BCUT2D eigenvalue weighted by atomic mass is 16.6. The van der Waals surface area contributed by atoms with Gasteiger partial charge < -0.3 is 25.4 Å². The summed E-state index contributed by atoms with van der Waals surface area (Å²) in [7, 11) is 2.91. The molecule has 3 N–H and O–H groups in total. The van der Waals surface area contributed by atoms with Gasteiger partial charge in [-0.2, -0.15) is 0 Å². The molecule has 0 saturated carbocycles. The Morgan fingerprint density at radius 2 is 1.51 bits per heavy atom. The molecule has 11 nitrogen and oxygen atoms in total. The number of para-hydroxylation sites is 1. The maximum atomic E-state index is 12.7. The van der Waals surface area contributed by atoms with E-state index < -0.39 is 11.0 Å². The number of Topliss-reactive ketones (excluding diaryl/α,β-unsaturated/α-hetero) is 1. The van der Waals surface area contributed by atoms with Gasteiger partial charge in [0, 0.05) is 41.6 Å². The maximum absolute atomic E-state index is 12.7. The van der Waals surface area contributed by atoms with Crippen LogP contribution in [0.5, 0.6) is 11.5 Å². The van der Waals surface area contributed by atoms with Crippen LogP contribution in [0.1, 0.15) is 29.3 Å². The Bertz CT molecular complexity index is 1320. The molecule has 3 aromatic rings. The van der Waals surface area contributed by atoms with Crippen molar-refractivity contribution in [1.82, 2.24) is 0 Å². The smallest absolute Gasteiger partial charge is 0.323 e. The van der Waals surface area contributed by atoms with E-state index in [1.807, 2.05) is 0 Å². The molecule has 0 heterocycles. The first-order valence-corrected chi connectivity index (χ1v) is 11.2. The molecule has 0 spiro atoms. The molecule has 0 unspecified atom stereocenters. The molecule has 0 radical (unpaired) electrons. The minimum atomic E-state index is -0.540. The number of urea groups is 1. The lowest BCUT2D eigenvalue weighted by atomic mass is 10.1. The number of rotatable bonds is 10. The van der Waals surface area contributed by atoms with E-state index in [-0.39, 0.29) is 29.4 Å². The molecule has 0 aliphatic carbocycles. The number of nitro benzene ring substituents is 1. The highest BCUT2D eigenvalue weighted by Crippen LogP contribution is 2.33. The van der Waals surface area contributed by atoms with Crippen LogP contribution >= 0.6 is 0 Å². The quantitative estimate of drug-likeness (QED) is 0.198. The van der Waals surface area contributed by atoms with Gasteiger partial charge in [-0.1, -0.05) is 18.2 Å². The second-order valence-corrected chi connectivity index (χ2v) is 7.90. The Morgan fingerprint density at radius 3 is 2.14 bits per heavy atom. The van der Waals surface area contributed by atoms with Crippen molar-refractivity contribution in [3.05, 3.63) is 81.9 Å². The fourth-order valence-corrected chi connectivity index (χ4v) is 3.55. The lowest BCUT2D eigenvalue weighted by Gasteiger charge is -2.15. The van der Waals surface area contributed by atoms with Gasteiger partial charge in [0.2, 0.25) is 5.91 Å². The molecule has 0 aromatic heterocycles. The Balaban J connectivity index is 1.65. The molecule has 0 saturated heterocycles. The van der Waals surface area contributed by atoms with E-state index >= 15 is 0 Å². The fourth-order valence-electron chi connectivity index (χ4n) is 3.55. The number of amides is 3. The molecule has 3 aromatic carbocycles. The van der Waals surface area contributed by atoms with Crippen molar-refractivity contribution < 1.29 is 28.8 Å². The standard InChI is InChI=1S/C26H26N4O7/c1-16(31)20-14-23(36-2)24(37-3)15-22(20)28-25(32)13-8-17-6-4-5-7-21(17)29-26(33)27-18-9-11-19(12-10-18)30(34)35/h4-7,9-12,14-15H,8,13H2,1-3H3,(H,28,32)(H2,27,29,33). The number of hydrogen-bond acceptors (Lipinski definition) is 7. The molecule has 0 aliphatic rings. The van der Waals surface area contributed by atoms with E-state index in [1.54, 1.807) is 24.3 Å². The molecule has 0 bridgehead atoms. The van der Waals surface area contributed by atoms with E-state index in [1.165, 1.54) is 57.5 Å². The van der Waals surface area contributed by atoms with E-state index in [0.717, 1.165) is 5.56 Å². The van der Waals surface area contributed by atoms with E-state index in [2.05, 4.69) is 16.0 Å². The number of nitrogens with zero attached hydrogens (tertiary/aromatic N) is 1. The van der Waals surface area contributed by atoms with Gasteiger partial charge in [0.05, 0.1) is 24.8 Å². The summed E-state index contributed by atoms with van der Waals surface area (Å²) >= 11 is 0. The second-order valence-electron chi connectivity index (χ2n) is 7.90. The number of aryl methyl sites for hydroxylation is 1. The van der Waals surface area contributed by atoms with Crippen molar-refractivity contribution in [2.24, 2.45) is 0 Å². The van der Waals surface area contributed by atoms with E-state index in [0.29, 0.717) is 35.0 Å². The summed E-state index contributed by atoms with van der Waals surface area (Å²) in [5.74, 6) is 0.166. The van der Waals surface area contributed by atoms with Crippen molar-refractivity contribution in [1.29, 1.82) is 0 Å². The van der Waals surface area contributed by atoms with Gasteiger partial charge in [-0.15, -0.1) is 0 Å². The van der Waals surface area contributed by atoms with E-state index in [9.17, 15) is 24.5 Å². The lowest BCUT2D eigenvalue weighted by Crippen LogP contribution is -2.20. The van der Waals surface area contributed by atoms with Crippen LogP contribution < -0.4 is 25.4 Å². The number of ketones is 1. The van der Waals surface area contributed by atoms with Crippen LogP contribution in [0, 0.1) is 10.1 Å². The van der Waals surface area contributed by atoms with Crippen LogP contribution in [0.15, 0.2) is 60.7 Å². The highest BCUT2D eigenvalue weighted by molar-refractivity contribution is 6.04. The van der Waals surface area contributed by atoms with Crippen LogP contribution in [0.2, 0.25) is 0 Å². The third kappa shape index (κ3) is 7.04. The number of hydrogen-bond donors (Lipinski definition) is 3. The Kier molecular flexibility index (Phi) is 8.76. The number of ether oxygens (including phenoxy) is 2. The molecule has 11 heteroatoms.